The molecule has 0 aromatic heterocycles. The maximum Gasteiger partial charge on any atom is 0.145 e. The second kappa shape index (κ2) is 3.70. The van der Waals surface area contributed by atoms with Crippen molar-refractivity contribution in [3.63, 3.8) is 0 Å². The van der Waals surface area contributed by atoms with Crippen LogP contribution in [0.4, 0.5) is 0 Å². The van der Waals surface area contributed by atoms with Gasteiger partial charge in [0, 0.05) is 6.42 Å². The van der Waals surface area contributed by atoms with E-state index in [1.165, 1.54) is 0 Å². The zero-order valence-corrected chi connectivity index (χ0v) is 8.92. The van der Waals surface area contributed by atoms with Crippen LogP contribution in [-0.4, -0.2) is 17.0 Å². The molecule has 1 fully saturated rings. The quantitative estimate of drug-likeness (QED) is 0.683. The molecule has 0 bridgehead atoms. The van der Waals surface area contributed by atoms with Gasteiger partial charge in [0.15, 0.2) is 0 Å². The van der Waals surface area contributed by atoms with Gasteiger partial charge in [0.1, 0.15) is 5.78 Å². The molecular weight excluding hydrogens is 176 g/mol. The van der Waals surface area contributed by atoms with E-state index in [-0.39, 0.29) is 11.7 Å². The van der Waals surface area contributed by atoms with Crippen molar-refractivity contribution in [3.05, 3.63) is 24.8 Å². The third-order valence-electron chi connectivity index (χ3n) is 3.35. The van der Waals surface area contributed by atoms with Crippen LogP contribution >= 0.6 is 0 Å². The van der Waals surface area contributed by atoms with E-state index >= 15 is 0 Å². The van der Waals surface area contributed by atoms with Gasteiger partial charge >= 0.3 is 0 Å². The number of carbonyl (C=O) groups excluding carboxylic acids is 1. The number of allylic oxidation sites excluding steroid dienone is 1. The van der Waals surface area contributed by atoms with Gasteiger partial charge in [-0.05, 0) is 26.2 Å². The van der Waals surface area contributed by atoms with Gasteiger partial charge in [0.25, 0.3) is 0 Å². The van der Waals surface area contributed by atoms with Crippen molar-refractivity contribution < 1.29 is 9.90 Å². The van der Waals surface area contributed by atoms with Crippen LogP contribution < -0.4 is 0 Å². The van der Waals surface area contributed by atoms with E-state index in [1.54, 1.807) is 13.0 Å². The highest BCUT2D eigenvalue weighted by atomic mass is 16.3. The lowest BCUT2D eigenvalue weighted by Gasteiger charge is -2.38. The Balaban J connectivity index is 2.88. The van der Waals surface area contributed by atoms with E-state index in [4.69, 9.17) is 0 Å². The zero-order valence-electron chi connectivity index (χ0n) is 8.92. The van der Waals surface area contributed by atoms with E-state index in [1.807, 2.05) is 6.92 Å². The van der Waals surface area contributed by atoms with Crippen molar-refractivity contribution in [3.8, 4) is 0 Å². The number of hydrogen-bond acceptors (Lipinski definition) is 2. The van der Waals surface area contributed by atoms with Crippen LogP contribution in [0.25, 0.3) is 0 Å². The molecule has 3 atom stereocenters. The minimum absolute atomic E-state index is 0.0688. The second-order valence-electron chi connectivity index (χ2n) is 4.41. The summed E-state index contributed by atoms with van der Waals surface area (Å²) in [4.78, 5) is 11.8. The van der Waals surface area contributed by atoms with Crippen LogP contribution in [-0.2, 0) is 4.79 Å². The average Bonchev–Trinajstić information content (AvgIpc) is 2.13. The summed E-state index contributed by atoms with van der Waals surface area (Å²) in [6.07, 6.45) is 2.04. The fourth-order valence-corrected chi connectivity index (χ4v) is 1.85. The highest BCUT2D eigenvalue weighted by Crippen LogP contribution is 2.39. The molecule has 0 unspecified atom stereocenters. The molecule has 1 aliphatic rings. The molecule has 2 nitrogen and oxygen atoms in total. The average molecular weight is 194 g/mol. The Hall–Kier alpha value is -0.890. The number of aliphatic hydroxyl groups is 1. The molecule has 0 aliphatic heterocycles. The van der Waals surface area contributed by atoms with Crippen LogP contribution in [0.2, 0.25) is 0 Å². The van der Waals surface area contributed by atoms with E-state index in [9.17, 15) is 9.90 Å². The molecule has 0 aromatic rings. The first-order valence-electron chi connectivity index (χ1n) is 4.92. The molecule has 1 saturated carbocycles. The van der Waals surface area contributed by atoms with Crippen LogP contribution in [0.1, 0.15) is 26.7 Å². The summed E-state index contributed by atoms with van der Waals surface area (Å²) in [5.74, 6) is 0.199. The Kier molecular flexibility index (Phi) is 2.95. The molecule has 0 saturated heterocycles. The van der Waals surface area contributed by atoms with Crippen molar-refractivity contribution in [2.24, 2.45) is 11.3 Å². The number of aliphatic hydroxyl groups excluding tert-OH is 1. The Morgan fingerprint density at radius 1 is 1.71 bits per heavy atom. The van der Waals surface area contributed by atoms with Crippen molar-refractivity contribution in [2.45, 2.75) is 32.8 Å². The van der Waals surface area contributed by atoms with E-state index < -0.39 is 11.5 Å². The monoisotopic (exact) mass is 194 g/mol. The first-order valence-corrected chi connectivity index (χ1v) is 4.92. The fraction of sp³-hybridized carbons (Fsp3) is 0.583. The van der Waals surface area contributed by atoms with Crippen molar-refractivity contribution in [1.29, 1.82) is 0 Å². The maximum absolute atomic E-state index is 11.8. The number of hydrogen-bond donors (Lipinski definition) is 1. The molecular formula is C12H18O2. The summed E-state index contributed by atoms with van der Waals surface area (Å²) >= 11 is 0. The molecule has 2 heteroatoms. The molecule has 0 radical (unpaired) electrons. The summed E-state index contributed by atoms with van der Waals surface area (Å²) in [5.41, 5.74) is 0.217. The number of ketones is 1. The van der Waals surface area contributed by atoms with Crippen LogP contribution in [0, 0.1) is 11.3 Å². The van der Waals surface area contributed by atoms with E-state index in [0.29, 0.717) is 12.8 Å². The molecule has 78 valence electrons. The zero-order chi connectivity index (χ0) is 10.9. The standard InChI is InChI=1S/C12H18O2/c1-5-12(4)10(13)6-9(8(2)3)7-11(12)14/h5,9-10,13H,1-2,6-7H2,3-4H3/t9-,10-,12+/m0/s1. The second-order valence-corrected chi connectivity index (χ2v) is 4.41. The lowest BCUT2D eigenvalue weighted by atomic mass is 9.67. The highest BCUT2D eigenvalue weighted by molar-refractivity contribution is 5.88. The first-order chi connectivity index (χ1) is 6.41. The van der Waals surface area contributed by atoms with Gasteiger partial charge in [-0.15, -0.1) is 6.58 Å². The molecule has 0 amide bonds. The van der Waals surface area contributed by atoms with E-state index in [0.717, 1.165) is 5.57 Å². The van der Waals surface area contributed by atoms with Gasteiger partial charge in [0.05, 0.1) is 11.5 Å². The van der Waals surface area contributed by atoms with Gasteiger partial charge in [-0.3, -0.25) is 4.79 Å². The Bertz CT molecular complexity index is 280. The molecule has 14 heavy (non-hydrogen) atoms. The van der Waals surface area contributed by atoms with Crippen molar-refractivity contribution in [2.75, 3.05) is 0 Å². The topological polar surface area (TPSA) is 37.3 Å². The third-order valence-corrected chi connectivity index (χ3v) is 3.35. The Labute approximate surface area is 85.3 Å². The molecule has 0 aromatic carbocycles. The molecule has 0 heterocycles. The summed E-state index contributed by atoms with van der Waals surface area (Å²) in [6.45, 7) is 11.1. The maximum atomic E-state index is 11.8. The molecule has 0 spiro atoms. The summed E-state index contributed by atoms with van der Waals surface area (Å²) < 4.78 is 0. The Morgan fingerprint density at radius 3 is 2.64 bits per heavy atom. The van der Waals surface area contributed by atoms with Gasteiger partial charge in [-0.25, -0.2) is 0 Å². The minimum atomic E-state index is -0.758. The van der Waals surface area contributed by atoms with E-state index in [2.05, 4.69) is 13.2 Å². The molecule has 1 aliphatic carbocycles. The molecule has 1 N–H and O–H groups in total. The summed E-state index contributed by atoms with van der Waals surface area (Å²) in [7, 11) is 0. The SMILES string of the molecule is C=C[C@@]1(C)C(=O)C[C@@H](C(=C)C)C[C@@H]1O. The molecule has 1 rings (SSSR count). The number of Topliss-reactive ketones (excluding diaryl/α,β-unsaturated/α-hetero) is 1. The van der Waals surface area contributed by atoms with Crippen LogP contribution in [0.3, 0.4) is 0 Å². The van der Waals surface area contributed by atoms with Crippen molar-refractivity contribution >= 4 is 5.78 Å². The van der Waals surface area contributed by atoms with Crippen LogP contribution in [0.5, 0.6) is 0 Å². The van der Waals surface area contributed by atoms with Gasteiger partial charge in [0.2, 0.25) is 0 Å². The summed E-state index contributed by atoms with van der Waals surface area (Å²) in [6, 6.07) is 0. The third kappa shape index (κ3) is 1.67. The normalized spacial score (nSPS) is 38.1. The summed E-state index contributed by atoms with van der Waals surface area (Å²) in [5, 5.41) is 9.88. The predicted octanol–water partition coefficient (Wildman–Crippen LogP) is 2.09. The van der Waals surface area contributed by atoms with Gasteiger partial charge < -0.3 is 5.11 Å². The number of carbonyl (C=O) groups is 1. The smallest absolute Gasteiger partial charge is 0.145 e. The van der Waals surface area contributed by atoms with Gasteiger partial charge in [-0.1, -0.05) is 18.2 Å². The van der Waals surface area contributed by atoms with Gasteiger partial charge in [-0.2, -0.15) is 0 Å². The highest BCUT2D eigenvalue weighted by Gasteiger charge is 2.43. The largest absolute Gasteiger partial charge is 0.392 e. The fourth-order valence-electron chi connectivity index (χ4n) is 1.85. The Morgan fingerprint density at radius 2 is 2.29 bits per heavy atom. The first kappa shape index (κ1) is 11.2. The number of rotatable bonds is 2. The van der Waals surface area contributed by atoms with Crippen molar-refractivity contribution in [1.82, 2.24) is 0 Å². The lowest BCUT2D eigenvalue weighted by Crippen LogP contribution is -2.44. The minimum Gasteiger partial charge on any atom is -0.392 e. The lowest BCUT2D eigenvalue weighted by molar-refractivity contribution is -0.136. The van der Waals surface area contributed by atoms with Crippen LogP contribution in [0.15, 0.2) is 24.8 Å². The predicted molar refractivity (Wildman–Crippen MR) is 56.9 cm³/mol.